The van der Waals surface area contributed by atoms with Gasteiger partial charge in [-0.05, 0) is 49.4 Å². The first-order chi connectivity index (χ1) is 16.7. The summed E-state index contributed by atoms with van der Waals surface area (Å²) in [5.74, 6) is 1.10. The normalized spacial score (nSPS) is 14.5. The van der Waals surface area contributed by atoms with Crippen molar-refractivity contribution in [2.45, 2.75) is 44.5 Å². The van der Waals surface area contributed by atoms with Gasteiger partial charge in [0.1, 0.15) is 5.75 Å². The maximum atomic E-state index is 13.3. The summed E-state index contributed by atoms with van der Waals surface area (Å²) < 4.78 is 5.73. The van der Waals surface area contributed by atoms with Crippen LogP contribution in [0, 0.1) is 0 Å². The minimum atomic E-state index is -0.222. The Kier molecular flexibility index (Phi) is 8.48. The number of carbonyl (C=O) groups is 1. The second kappa shape index (κ2) is 11.9. The molecule has 34 heavy (non-hydrogen) atoms. The summed E-state index contributed by atoms with van der Waals surface area (Å²) in [4.78, 5) is 15.7. The molecule has 178 valence electrons. The third-order valence-electron chi connectivity index (χ3n) is 6.32. The molecule has 1 atom stereocenters. The lowest BCUT2D eigenvalue weighted by Crippen LogP contribution is -2.34. The molecule has 1 fully saturated rings. The zero-order chi connectivity index (χ0) is 23.8. The number of nitrogens with zero attached hydrogens (tertiary/aromatic N) is 1. The average molecular weight is 477 g/mol. The molecule has 0 saturated carbocycles. The number of halogens is 1. The van der Waals surface area contributed by atoms with Crippen LogP contribution < -0.4 is 15.0 Å². The number of anilines is 1. The monoisotopic (exact) mass is 476 g/mol. The van der Waals surface area contributed by atoms with Gasteiger partial charge >= 0.3 is 0 Å². The molecule has 5 heteroatoms. The summed E-state index contributed by atoms with van der Waals surface area (Å²) in [5, 5.41) is 3.33. The van der Waals surface area contributed by atoms with Crippen molar-refractivity contribution in [2.75, 3.05) is 24.6 Å². The third kappa shape index (κ3) is 5.92. The van der Waals surface area contributed by atoms with Crippen LogP contribution in [0.1, 0.15) is 54.5 Å². The van der Waals surface area contributed by atoms with Crippen molar-refractivity contribution >= 4 is 23.2 Å². The molecular weight excluding hydrogens is 444 g/mol. The Labute approximate surface area is 207 Å². The fraction of sp³-hybridized carbons (Fsp3) is 0.345. The lowest BCUT2D eigenvalue weighted by molar-refractivity contribution is -0.120. The van der Waals surface area contributed by atoms with Crippen LogP contribution in [0.25, 0.3) is 0 Å². The Bertz CT molecular complexity index is 1080. The van der Waals surface area contributed by atoms with Crippen molar-refractivity contribution in [3.63, 3.8) is 0 Å². The van der Waals surface area contributed by atoms with Crippen molar-refractivity contribution < 1.29 is 9.53 Å². The van der Waals surface area contributed by atoms with Gasteiger partial charge in [0.05, 0.1) is 24.9 Å². The molecule has 1 amide bonds. The topological polar surface area (TPSA) is 41.6 Å². The van der Waals surface area contributed by atoms with E-state index in [9.17, 15) is 4.79 Å². The molecule has 1 heterocycles. The second-order valence-corrected chi connectivity index (χ2v) is 8.97. The Morgan fingerprint density at radius 3 is 2.47 bits per heavy atom. The molecule has 0 radical (unpaired) electrons. The average Bonchev–Trinajstić information content (AvgIpc) is 2.89. The quantitative estimate of drug-likeness (QED) is 0.370. The van der Waals surface area contributed by atoms with Gasteiger partial charge in [0.15, 0.2) is 0 Å². The highest BCUT2D eigenvalue weighted by atomic mass is 35.5. The number of amides is 1. The zero-order valence-electron chi connectivity index (χ0n) is 19.8. The van der Waals surface area contributed by atoms with Crippen molar-refractivity contribution in [1.29, 1.82) is 0 Å². The van der Waals surface area contributed by atoms with Crippen molar-refractivity contribution in [3.8, 4) is 5.75 Å². The lowest BCUT2D eigenvalue weighted by Gasteiger charge is -2.33. The van der Waals surface area contributed by atoms with Gasteiger partial charge in [-0.2, -0.15) is 0 Å². The minimum absolute atomic E-state index is 0.0247. The van der Waals surface area contributed by atoms with Crippen LogP contribution in [0.2, 0.25) is 0 Å². The van der Waals surface area contributed by atoms with E-state index in [1.54, 1.807) is 0 Å². The van der Waals surface area contributed by atoms with E-state index < -0.39 is 0 Å². The third-order valence-corrected chi connectivity index (χ3v) is 6.61. The summed E-state index contributed by atoms with van der Waals surface area (Å²) in [6.45, 7) is 4.61. The zero-order valence-corrected chi connectivity index (χ0v) is 20.6. The first-order valence-corrected chi connectivity index (χ1v) is 12.7. The number of piperidine rings is 1. The number of ether oxygens (including phenoxy) is 1. The van der Waals surface area contributed by atoms with Gasteiger partial charge < -0.3 is 15.0 Å². The van der Waals surface area contributed by atoms with Gasteiger partial charge in [-0.1, -0.05) is 60.7 Å². The first-order valence-electron chi connectivity index (χ1n) is 12.2. The predicted octanol–water partition coefficient (Wildman–Crippen LogP) is 6.26. The molecule has 3 aromatic rings. The van der Waals surface area contributed by atoms with Crippen molar-refractivity contribution in [3.05, 3.63) is 95.1 Å². The number of hydrogen-bond donors (Lipinski definition) is 1. The molecule has 0 bridgehead atoms. The Balaban J connectivity index is 1.60. The molecule has 4 rings (SSSR count). The SMILES string of the molecule is CCOc1cc(CC(=O)NC(c2ccccc2)c2ccccc2N2CCCCC2)ccc1CCl. The minimum Gasteiger partial charge on any atom is -0.494 e. The van der Waals surface area contributed by atoms with E-state index in [2.05, 4.69) is 46.6 Å². The van der Waals surface area contributed by atoms with Gasteiger partial charge in [-0.3, -0.25) is 4.79 Å². The van der Waals surface area contributed by atoms with E-state index in [1.807, 2.05) is 43.3 Å². The highest BCUT2D eigenvalue weighted by molar-refractivity contribution is 6.17. The molecule has 3 aromatic carbocycles. The number of rotatable bonds is 9. The lowest BCUT2D eigenvalue weighted by atomic mass is 9.95. The van der Waals surface area contributed by atoms with E-state index in [-0.39, 0.29) is 18.4 Å². The predicted molar refractivity (Wildman–Crippen MR) is 140 cm³/mol. The van der Waals surface area contributed by atoms with E-state index >= 15 is 0 Å². The molecule has 1 aliphatic rings. The van der Waals surface area contributed by atoms with E-state index in [1.165, 1.54) is 24.9 Å². The second-order valence-electron chi connectivity index (χ2n) is 8.70. The van der Waals surface area contributed by atoms with Crippen LogP contribution in [-0.4, -0.2) is 25.6 Å². The molecular formula is C29H33ClN2O2. The van der Waals surface area contributed by atoms with Gasteiger partial charge in [-0.15, -0.1) is 11.6 Å². The van der Waals surface area contributed by atoms with Gasteiger partial charge in [-0.25, -0.2) is 0 Å². The summed E-state index contributed by atoms with van der Waals surface area (Å²) in [6.07, 6.45) is 3.97. The van der Waals surface area contributed by atoms with Gasteiger partial charge in [0.25, 0.3) is 0 Å². The molecule has 1 saturated heterocycles. The standard InChI is InChI=1S/C29H33ClN2O2/c1-2-34-27-19-22(15-16-24(27)21-30)20-28(33)31-29(23-11-5-3-6-12-23)25-13-7-8-14-26(25)32-17-9-4-10-18-32/h3,5-8,11-16,19,29H,2,4,9-10,17-18,20-21H2,1H3,(H,31,33). The fourth-order valence-corrected chi connectivity index (χ4v) is 4.87. The van der Waals surface area contributed by atoms with E-state index in [4.69, 9.17) is 16.3 Å². The number of carbonyl (C=O) groups excluding carboxylic acids is 1. The Morgan fingerprint density at radius 2 is 1.74 bits per heavy atom. The summed E-state index contributed by atoms with van der Waals surface area (Å²) in [6, 6.07) is 24.3. The number of nitrogens with one attached hydrogen (secondary N) is 1. The van der Waals surface area contributed by atoms with Crippen LogP contribution >= 0.6 is 11.6 Å². The fourth-order valence-electron chi connectivity index (χ4n) is 4.65. The summed E-state index contributed by atoms with van der Waals surface area (Å²) >= 11 is 6.05. The molecule has 0 spiro atoms. The van der Waals surface area contributed by atoms with Crippen LogP contribution in [-0.2, 0) is 17.1 Å². The van der Waals surface area contributed by atoms with Crippen LogP contribution in [0.4, 0.5) is 5.69 Å². The van der Waals surface area contributed by atoms with Crippen LogP contribution in [0.5, 0.6) is 5.75 Å². The number of para-hydroxylation sites is 1. The van der Waals surface area contributed by atoms with Crippen molar-refractivity contribution in [1.82, 2.24) is 5.32 Å². The summed E-state index contributed by atoms with van der Waals surface area (Å²) in [5.41, 5.74) is 5.27. The van der Waals surface area contributed by atoms with Gasteiger partial charge in [0, 0.05) is 29.9 Å². The highest BCUT2D eigenvalue weighted by Gasteiger charge is 2.23. The molecule has 1 aliphatic heterocycles. The number of benzene rings is 3. The molecule has 1 N–H and O–H groups in total. The molecule has 0 aromatic heterocycles. The number of hydrogen-bond acceptors (Lipinski definition) is 3. The molecule has 4 nitrogen and oxygen atoms in total. The van der Waals surface area contributed by atoms with E-state index in [0.717, 1.165) is 41.1 Å². The highest BCUT2D eigenvalue weighted by Crippen LogP contribution is 2.32. The van der Waals surface area contributed by atoms with Crippen molar-refractivity contribution in [2.24, 2.45) is 0 Å². The Morgan fingerprint density at radius 1 is 1.00 bits per heavy atom. The van der Waals surface area contributed by atoms with Gasteiger partial charge in [0.2, 0.25) is 5.91 Å². The maximum Gasteiger partial charge on any atom is 0.225 e. The summed E-state index contributed by atoms with van der Waals surface area (Å²) in [7, 11) is 0. The Hall–Kier alpha value is -2.98. The van der Waals surface area contributed by atoms with Crippen LogP contribution in [0.15, 0.2) is 72.8 Å². The smallest absolute Gasteiger partial charge is 0.225 e. The number of alkyl halides is 1. The first kappa shape index (κ1) is 24.2. The molecule has 1 unspecified atom stereocenters. The molecule has 0 aliphatic carbocycles. The van der Waals surface area contributed by atoms with E-state index in [0.29, 0.717) is 12.5 Å². The van der Waals surface area contributed by atoms with Crippen LogP contribution in [0.3, 0.4) is 0 Å². The largest absolute Gasteiger partial charge is 0.494 e. The maximum absolute atomic E-state index is 13.3.